The summed E-state index contributed by atoms with van der Waals surface area (Å²) >= 11 is 6.12. The van der Waals surface area contributed by atoms with Crippen LogP contribution in [0.25, 0.3) is 0 Å². The zero-order chi connectivity index (χ0) is 20.8. The molecule has 0 aromatic heterocycles. The maximum atomic E-state index is 12.8. The van der Waals surface area contributed by atoms with Gasteiger partial charge in [-0.15, -0.1) is 0 Å². The van der Waals surface area contributed by atoms with Crippen LogP contribution in [0.15, 0.2) is 36.4 Å². The molecule has 0 aliphatic rings. The monoisotopic (exact) mass is 403 g/mol. The van der Waals surface area contributed by atoms with E-state index in [1.807, 2.05) is 25.2 Å². The minimum absolute atomic E-state index is 0.00787. The van der Waals surface area contributed by atoms with E-state index in [-0.39, 0.29) is 5.91 Å². The molecule has 2 aromatic carbocycles. The van der Waals surface area contributed by atoms with Gasteiger partial charge in [0.15, 0.2) is 6.54 Å². The Labute approximate surface area is 173 Å². The van der Waals surface area contributed by atoms with Gasteiger partial charge in [0.05, 0.1) is 14.2 Å². The summed E-state index contributed by atoms with van der Waals surface area (Å²) in [7, 11) is 3.64. The van der Waals surface area contributed by atoms with Gasteiger partial charge in [0.1, 0.15) is 12.3 Å². The lowest BCUT2D eigenvalue weighted by molar-refractivity contribution is -0.885. The van der Waals surface area contributed by atoms with Crippen LogP contribution in [0.3, 0.4) is 0 Å². The molecule has 0 bridgehead atoms. The summed E-state index contributed by atoms with van der Waals surface area (Å²) in [5, 5.41) is 3.85. The Morgan fingerprint density at radius 1 is 1.11 bits per heavy atom. The van der Waals surface area contributed by atoms with Crippen LogP contribution >= 0.6 is 11.6 Å². The number of benzene rings is 2. The molecule has 2 aromatic rings. The number of carbonyl (C=O) groups excluding carboxylic acids is 1. The van der Waals surface area contributed by atoms with E-state index in [0.29, 0.717) is 29.9 Å². The zero-order valence-electron chi connectivity index (χ0n) is 17.7. The summed E-state index contributed by atoms with van der Waals surface area (Å²) in [4.78, 5) is 13.9. The second kappa shape index (κ2) is 9.94. The number of halogens is 1. The molecule has 0 saturated heterocycles. The van der Waals surface area contributed by atoms with Crippen LogP contribution in [0, 0.1) is 0 Å². The molecule has 1 unspecified atom stereocenters. The lowest BCUT2D eigenvalue weighted by Crippen LogP contribution is -3.08. The molecule has 1 amide bonds. The van der Waals surface area contributed by atoms with Gasteiger partial charge >= 0.3 is 0 Å². The zero-order valence-corrected chi connectivity index (χ0v) is 18.5. The second-order valence-corrected chi connectivity index (χ2v) is 8.37. The van der Waals surface area contributed by atoms with Crippen molar-refractivity contribution in [1.29, 1.82) is 0 Å². The number of amides is 1. The average Bonchev–Trinajstić information content (AvgIpc) is 2.61. The van der Waals surface area contributed by atoms with Crippen molar-refractivity contribution in [3.63, 3.8) is 0 Å². The lowest BCUT2D eigenvalue weighted by atomic mass is 9.92. The average molecular weight is 404 g/mol. The molecule has 152 valence electrons. The Kier molecular flexibility index (Phi) is 7.90. The molecule has 2 N–H and O–H groups in total. The largest absolute Gasteiger partial charge is 0.496 e. The lowest BCUT2D eigenvalue weighted by Gasteiger charge is -2.21. The Balaban J connectivity index is 2.13. The van der Waals surface area contributed by atoms with Gasteiger partial charge < -0.3 is 15.0 Å². The fraction of sp³-hybridized carbons (Fsp3) is 0.435. The fourth-order valence-corrected chi connectivity index (χ4v) is 3.62. The third-order valence-electron chi connectivity index (χ3n) is 4.83. The highest BCUT2D eigenvalue weighted by molar-refractivity contribution is 6.30. The number of ether oxygens (including phenoxy) is 1. The molecular formula is C23H32ClN2O2+. The van der Waals surface area contributed by atoms with Crippen LogP contribution in [-0.4, -0.2) is 26.6 Å². The van der Waals surface area contributed by atoms with Crippen molar-refractivity contribution in [2.45, 2.75) is 46.1 Å². The van der Waals surface area contributed by atoms with E-state index in [2.05, 4.69) is 51.2 Å². The Morgan fingerprint density at radius 3 is 2.25 bits per heavy atom. The predicted molar refractivity (Wildman–Crippen MR) is 117 cm³/mol. The smallest absolute Gasteiger partial charge is 0.279 e. The number of carbonyl (C=O) groups is 1. The van der Waals surface area contributed by atoms with Crippen molar-refractivity contribution in [1.82, 2.24) is 0 Å². The number of methoxy groups -OCH3 is 1. The highest BCUT2D eigenvalue weighted by Crippen LogP contribution is 2.32. The van der Waals surface area contributed by atoms with Crippen molar-refractivity contribution in [2.75, 3.05) is 26.0 Å². The number of quaternary nitrogens is 1. The van der Waals surface area contributed by atoms with Crippen LogP contribution in [0.4, 0.5) is 5.69 Å². The van der Waals surface area contributed by atoms with E-state index in [9.17, 15) is 4.79 Å². The number of hydrogen-bond acceptors (Lipinski definition) is 2. The molecule has 0 radical (unpaired) electrons. The van der Waals surface area contributed by atoms with E-state index in [4.69, 9.17) is 16.3 Å². The van der Waals surface area contributed by atoms with Gasteiger partial charge in [-0.2, -0.15) is 0 Å². The van der Waals surface area contributed by atoms with Gasteiger partial charge in [0.2, 0.25) is 0 Å². The summed E-state index contributed by atoms with van der Waals surface area (Å²) < 4.78 is 5.41. The molecule has 0 aliphatic carbocycles. The summed E-state index contributed by atoms with van der Waals surface area (Å²) in [6, 6.07) is 11.8. The van der Waals surface area contributed by atoms with Crippen molar-refractivity contribution in [3.8, 4) is 5.75 Å². The number of hydrogen-bond donors (Lipinski definition) is 2. The van der Waals surface area contributed by atoms with E-state index in [0.717, 1.165) is 21.9 Å². The van der Waals surface area contributed by atoms with Gasteiger partial charge in [-0.3, -0.25) is 4.79 Å². The first-order valence-electron chi connectivity index (χ1n) is 9.79. The Bertz CT molecular complexity index is 792. The first kappa shape index (κ1) is 22.3. The maximum Gasteiger partial charge on any atom is 0.279 e. The first-order chi connectivity index (χ1) is 13.2. The molecule has 0 spiro atoms. The topological polar surface area (TPSA) is 42.8 Å². The van der Waals surface area contributed by atoms with E-state index < -0.39 is 0 Å². The number of anilines is 1. The molecule has 0 saturated carbocycles. The van der Waals surface area contributed by atoms with Crippen molar-refractivity contribution < 1.29 is 14.4 Å². The Morgan fingerprint density at radius 2 is 1.71 bits per heavy atom. The summed E-state index contributed by atoms with van der Waals surface area (Å²) in [5.41, 5.74) is 4.30. The highest BCUT2D eigenvalue weighted by atomic mass is 35.5. The van der Waals surface area contributed by atoms with Crippen molar-refractivity contribution >= 4 is 23.2 Å². The van der Waals surface area contributed by atoms with Crippen molar-refractivity contribution in [2.24, 2.45) is 0 Å². The molecular weight excluding hydrogens is 372 g/mol. The normalized spacial score (nSPS) is 12.3. The fourth-order valence-electron chi connectivity index (χ4n) is 3.43. The van der Waals surface area contributed by atoms with Gasteiger partial charge in [-0.1, -0.05) is 57.5 Å². The van der Waals surface area contributed by atoms with Gasteiger partial charge in [0.25, 0.3) is 5.91 Å². The summed E-state index contributed by atoms with van der Waals surface area (Å²) in [6.45, 7) is 9.62. The molecule has 4 nitrogen and oxygen atoms in total. The van der Waals surface area contributed by atoms with Gasteiger partial charge in [-0.05, 0) is 41.2 Å². The van der Waals surface area contributed by atoms with E-state index in [1.165, 1.54) is 11.1 Å². The molecule has 2 rings (SSSR count). The maximum absolute atomic E-state index is 12.8. The third-order valence-corrected chi connectivity index (χ3v) is 5.07. The second-order valence-electron chi connectivity index (χ2n) is 7.94. The summed E-state index contributed by atoms with van der Waals surface area (Å²) in [5.74, 6) is 1.48. The molecule has 5 heteroatoms. The number of likely N-dealkylation sites (N-methyl/N-ethyl adjacent to an activating group) is 1. The van der Waals surface area contributed by atoms with Gasteiger partial charge in [0, 0.05) is 16.3 Å². The molecule has 0 heterocycles. The van der Waals surface area contributed by atoms with Crippen molar-refractivity contribution in [3.05, 3.63) is 58.1 Å². The van der Waals surface area contributed by atoms with Crippen LogP contribution in [-0.2, 0) is 11.3 Å². The standard InChI is InChI=1S/C23H31ClN2O2/c1-15(2)19-8-7-9-20(16(3)4)23(19)25-22(27)14-26(5)13-17-12-18(24)10-11-21(17)28-6/h7-12,15-16H,13-14H2,1-6H3,(H,25,27)/p+1. The van der Waals surface area contributed by atoms with Crippen LogP contribution in [0.2, 0.25) is 5.02 Å². The van der Waals surface area contributed by atoms with E-state index >= 15 is 0 Å². The number of rotatable bonds is 8. The predicted octanol–water partition coefficient (Wildman–Crippen LogP) is 4.25. The molecule has 28 heavy (non-hydrogen) atoms. The first-order valence-corrected chi connectivity index (χ1v) is 10.2. The van der Waals surface area contributed by atoms with Crippen LogP contribution in [0.1, 0.15) is 56.2 Å². The number of nitrogens with one attached hydrogen (secondary N) is 2. The number of para-hydroxylation sites is 1. The molecule has 0 fully saturated rings. The minimum atomic E-state index is 0.00787. The molecule has 0 aliphatic heterocycles. The quantitative estimate of drug-likeness (QED) is 0.691. The van der Waals surface area contributed by atoms with Crippen LogP contribution in [0.5, 0.6) is 5.75 Å². The van der Waals surface area contributed by atoms with E-state index in [1.54, 1.807) is 7.11 Å². The SMILES string of the molecule is COc1ccc(Cl)cc1C[NH+](C)CC(=O)Nc1c(C(C)C)cccc1C(C)C. The van der Waals surface area contributed by atoms with Gasteiger partial charge in [-0.25, -0.2) is 0 Å². The Hall–Kier alpha value is -2.04. The minimum Gasteiger partial charge on any atom is -0.496 e. The summed E-state index contributed by atoms with van der Waals surface area (Å²) in [6.07, 6.45) is 0. The highest BCUT2D eigenvalue weighted by Gasteiger charge is 2.19. The van der Waals surface area contributed by atoms with Crippen LogP contribution < -0.4 is 15.0 Å². The third kappa shape index (κ3) is 5.73. The molecule has 1 atom stereocenters.